The van der Waals surface area contributed by atoms with Crippen molar-refractivity contribution in [3.05, 3.63) is 119 Å². The van der Waals surface area contributed by atoms with Crippen molar-refractivity contribution in [1.82, 2.24) is 0 Å². The zero-order chi connectivity index (χ0) is 35.8. The molecular formula is C34H24Li2N4O10S2. The van der Waals surface area contributed by atoms with E-state index in [0.717, 1.165) is 12.2 Å². The molecule has 0 aliphatic heterocycles. The first-order chi connectivity index (χ1) is 23.8. The monoisotopic (exact) mass is 726 g/mol. The van der Waals surface area contributed by atoms with E-state index in [1.165, 1.54) is 50.6 Å². The summed E-state index contributed by atoms with van der Waals surface area (Å²) in [7, 11) is -7.00. The molecule has 0 spiro atoms. The van der Waals surface area contributed by atoms with Gasteiger partial charge in [0, 0.05) is 22.3 Å². The number of anilines is 2. The Morgan fingerprint density at radius 2 is 0.904 bits per heavy atom. The number of carbonyl (C=O) groups is 2. The van der Waals surface area contributed by atoms with Crippen LogP contribution in [0.4, 0.5) is 11.4 Å². The summed E-state index contributed by atoms with van der Waals surface area (Å²) >= 11 is 0. The van der Waals surface area contributed by atoms with Crippen LogP contribution in [0.1, 0.15) is 31.8 Å². The van der Waals surface area contributed by atoms with Gasteiger partial charge >= 0.3 is 37.7 Å². The van der Waals surface area contributed by atoms with E-state index in [0.29, 0.717) is 34.0 Å². The van der Waals surface area contributed by atoms with Crippen molar-refractivity contribution in [1.29, 1.82) is 0 Å². The molecule has 2 aliphatic rings. The second-order valence-corrected chi connectivity index (χ2v) is 13.4. The number of carbonyl (C=O) groups excluding carboxylic acids is 2. The number of hydrogen-bond acceptors (Lipinski definition) is 14. The number of nitrogens with zero attached hydrogens (tertiary/aromatic N) is 2. The SMILES string of the molecule is COc1cc(-c2ccc(N/N=C3\C=C(S(=O)(=O)[O-])c4ccccc4C3=O)c(OC)c2)ccc1N/N=C1\C=C(S(=O)(=O)[O-])c2ccccc2C1=O.[Li+].[Li+]. The molecule has 0 bridgehead atoms. The number of methoxy groups -OCH3 is 2. The molecule has 4 aromatic carbocycles. The first kappa shape index (κ1) is 40.0. The molecular weight excluding hydrogens is 702 g/mol. The Hall–Kier alpha value is -4.75. The van der Waals surface area contributed by atoms with Gasteiger partial charge < -0.3 is 18.6 Å². The van der Waals surface area contributed by atoms with E-state index >= 15 is 0 Å². The molecule has 0 unspecified atom stereocenters. The van der Waals surface area contributed by atoms with Crippen LogP contribution in [0.5, 0.6) is 11.5 Å². The fourth-order valence-corrected chi connectivity index (χ4v) is 6.76. The second kappa shape index (κ2) is 15.9. The van der Waals surface area contributed by atoms with E-state index in [9.17, 15) is 35.5 Å². The minimum Gasteiger partial charge on any atom is -0.744 e. The molecule has 2 N–H and O–H groups in total. The average molecular weight is 727 g/mol. The van der Waals surface area contributed by atoms with Gasteiger partial charge in [-0.3, -0.25) is 20.4 Å². The van der Waals surface area contributed by atoms with E-state index in [1.54, 1.807) is 48.5 Å². The Kier molecular flexibility index (Phi) is 12.2. The number of Topliss-reactive ketones (excluding diaryl/α,β-unsaturated/α-hetero) is 2. The molecule has 0 saturated carbocycles. The number of rotatable bonds is 9. The van der Waals surface area contributed by atoms with Crippen molar-refractivity contribution >= 4 is 64.4 Å². The van der Waals surface area contributed by atoms with Gasteiger partial charge in [0.15, 0.2) is 0 Å². The first-order valence-electron chi connectivity index (χ1n) is 14.5. The number of ketones is 2. The minimum absolute atomic E-state index is 0. The van der Waals surface area contributed by atoms with Crippen LogP contribution in [-0.4, -0.2) is 63.2 Å². The van der Waals surface area contributed by atoms with Crippen LogP contribution < -0.4 is 58.0 Å². The molecule has 0 saturated heterocycles. The fraction of sp³-hybridized carbons (Fsp3) is 0.0588. The maximum absolute atomic E-state index is 13.0. The fourth-order valence-electron chi connectivity index (χ4n) is 5.35. The summed E-state index contributed by atoms with van der Waals surface area (Å²) in [5.74, 6) is -0.551. The normalized spacial score (nSPS) is 15.3. The molecule has 52 heavy (non-hydrogen) atoms. The van der Waals surface area contributed by atoms with E-state index in [1.807, 2.05) is 0 Å². The van der Waals surface area contributed by atoms with Gasteiger partial charge in [0.1, 0.15) is 43.2 Å². The third-order valence-electron chi connectivity index (χ3n) is 7.74. The Bertz CT molecular complexity index is 2290. The molecule has 0 atom stereocenters. The predicted molar refractivity (Wildman–Crippen MR) is 184 cm³/mol. The number of hydrogen-bond donors (Lipinski definition) is 2. The summed E-state index contributed by atoms with van der Waals surface area (Å²) < 4.78 is 82.6. The smallest absolute Gasteiger partial charge is 0.744 e. The standard InChI is InChI=1S/C34H26N4O10S2.2Li/c1-47-29-15-19(11-13-25(29)35-37-27-17-31(49(41,42)43)21-7-3-5-9-23(21)33(27)39)20-12-14-26(30(16-20)48-2)36-38-28-18-32(50(44,45)46)22-8-4-6-10-24(22)34(28)40;;/h3-18,35-36H,1-2H3,(H,41,42,43)(H,44,45,46);;/q;2*+1/p-2/b37-27+,38-28+;;. The van der Waals surface area contributed by atoms with Gasteiger partial charge in [-0.05, 0) is 47.5 Å². The summed E-state index contributed by atoms with van der Waals surface area (Å²) in [5, 5.41) is 8.16. The largest absolute Gasteiger partial charge is 1.00 e. The van der Waals surface area contributed by atoms with Gasteiger partial charge in [-0.15, -0.1) is 0 Å². The maximum atomic E-state index is 13.0. The zero-order valence-corrected chi connectivity index (χ0v) is 29.7. The van der Waals surface area contributed by atoms with Crippen LogP contribution in [-0.2, 0) is 20.2 Å². The van der Waals surface area contributed by atoms with Gasteiger partial charge in [0.05, 0.1) is 35.4 Å². The molecule has 14 nitrogen and oxygen atoms in total. The van der Waals surface area contributed by atoms with Crippen molar-refractivity contribution in [3.63, 3.8) is 0 Å². The Morgan fingerprint density at radius 1 is 0.558 bits per heavy atom. The van der Waals surface area contributed by atoms with Crippen molar-refractivity contribution < 1.29 is 82.7 Å². The third kappa shape index (κ3) is 8.00. The molecule has 0 amide bonds. The van der Waals surface area contributed by atoms with Crippen LogP contribution >= 0.6 is 0 Å². The summed E-state index contributed by atoms with van der Waals surface area (Å²) in [6.45, 7) is 0. The van der Waals surface area contributed by atoms with Gasteiger partial charge in [-0.1, -0.05) is 60.7 Å². The van der Waals surface area contributed by atoms with Gasteiger partial charge in [0.25, 0.3) is 0 Å². The summed E-state index contributed by atoms with van der Waals surface area (Å²) in [4.78, 5) is 24.9. The molecule has 18 heteroatoms. The second-order valence-electron chi connectivity index (χ2n) is 10.7. The van der Waals surface area contributed by atoms with Crippen LogP contribution in [0.2, 0.25) is 0 Å². The van der Waals surface area contributed by atoms with Gasteiger partial charge in [0.2, 0.25) is 11.6 Å². The molecule has 6 rings (SSSR count). The van der Waals surface area contributed by atoms with Crippen molar-refractivity contribution in [3.8, 4) is 22.6 Å². The van der Waals surface area contributed by atoms with E-state index in [-0.39, 0.29) is 71.4 Å². The molecule has 0 aromatic heterocycles. The molecule has 254 valence electrons. The van der Waals surface area contributed by atoms with E-state index in [2.05, 4.69) is 21.1 Å². The van der Waals surface area contributed by atoms with Crippen LogP contribution in [0, 0.1) is 0 Å². The zero-order valence-electron chi connectivity index (χ0n) is 28.0. The number of fused-ring (bicyclic) bond motifs is 2. The van der Waals surface area contributed by atoms with Crippen molar-refractivity contribution in [2.24, 2.45) is 10.2 Å². The summed E-state index contributed by atoms with van der Waals surface area (Å²) in [6.07, 6.45) is 1.86. The molecule has 4 aromatic rings. The van der Waals surface area contributed by atoms with Crippen LogP contribution in [0.15, 0.2) is 107 Å². The summed E-state index contributed by atoms with van der Waals surface area (Å²) in [5.41, 5.74) is 6.86. The third-order valence-corrected chi connectivity index (χ3v) is 9.50. The molecule has 0 heterocycles. The Labute approximate surface area is 322 Å². The average Bonchev–Trinajstić information content (AvgIpc) is 3.10. The van der Waals surface area contributed by atoms with E-state index in [4.69, 9.17) is 9.47 Å². The van der Waals surface area contributed by atoms with Gasteiger partial charge in [-0.2, -0.15) is 10.2 Å². The first-order valence-corrected chi connectivity index (χ1v) is 17.3. The molecule has 0 fully saturated rings. The van der Waals surface area contributed by atoms with Crippen LogP contribution in [0.3, 0.4) is 0 Å². The Morgan fingerprint density at radius 3 is 1.23 bits per heavy atom. The number of allylic oxidation sites excluding steroid dienone is 2. The van der Waals surface area contributed by atoms with Crippen LogP contribution in [0.25, 0.3) is 20.9 Å². The Balaban J connectivity index is 0.00000302. The number of benzene rings is 4. The molecule has 0 radical (unpaired) electrons. The maximum Gasteiger partial charge on any atom is 1.00 e. The minimum atomic E-state index is -4.91. The quantitative estimate of drug-likeness (QED) is 0.114. The summed E-state index contributed by atoms with van der Waals surface area (Å²) in [6, 6.07) is 21.7. The topological polar surface area (TPSA) is 216 Å². The van der Waals surface area contributed by atoms with Crippen molar-refractivity contribution in [2.75, 3.05) is 25.1 Å². The van der Waals surface area contributed by atoms with Gasteiger partial charge in [-0.25, -0.2) is 16.8 Å². The predicted octanol–water partition coefficient (Wildman–Crippen LogP) is -1.52. The van der Waals surface area contributed by atoms with Crippen molar-refractivity contribution in [2.45, 2.75) is 0 Å². The number of ether oxygens (including phenoxy) is 2. The van der Waals surface area contributed by atoms with E-state index < -0.39 is 41.6 Å². The number of nitrogens with one attached hydrogen (secondary N) is 2. The number of hydrazone groups is 2. The molecule has 2 aliphatic carbocycles.